The molecule has 0 aliphatic carbocycles. The van der Waals surface area contributed by atoms with Crippen LogP contribution in [0.5, 0.6) is 0 Å². The van der Waals surface area contributed by atoms with Gasteiger partial charge < -0.3 is 5.73 Å². The highest BCUT2D eigenvalue weighted by atomic mass is 32.1. The van der Waals surface area contributed by atoms with E-state index in [1.807, 2.05) is 18.2 Å². The number of thiol groups is 1. The third kappa shape index (κ3) is 2.05. The monoisotopic (exact) mass is 206 g/mol. The molecule has 0 radical (unpaired) electrons. The van der Waals surface area contributed by atoms with Crippen molar-refractivity contribution in [3.63, 3.8) is 0 Å². The fourth-order valence-electron chi connectivity index (χ4n) is 1.29. The maximum absolute atomic E-state index is 5.69. The number of nitrogen functional groups attached to an aromatic ring is 1. The Morgan fingerprint density at radius 1 is 1.36 bits per heavy atom. The van der Waals surface area contributed by atoms with Gasteiger partial charge in [0.1, 0.15) is 12.7 Å². The summed E-state index contributed by atoms with van der Waals surface area (Å²) in [5, 5.41) is 4.01. The zero-order chi connectivity index (χ0) is 9.97. The van der Waals surface area contributed by atoms with Crippen molar-refractivity contribution >= 4 is 18.3 Å². The summed E-state index contributed by atoms with van der Waals surface area (Å²) >= 11 is 4.25. The van der Waals surface area contributed by atoms with Crippen LogP contribution in [0.15, 0.2) is 35.7 Å². The second-order valence-corrected chi connectivity index (χ2v) is 3.54. The minimum atomic E-state index is 0.665. The third-order valence-electron chi connectivity index (χ3n) is 1.81. The molecule has 0 spiro atoms. The van der Waals surface area contributed by atoms with E-state index in [1.165, 1.54) is 6.33 Å². The molecular weight excluding hydrogens is 196 g/mol. The molecule has 5 heteroatoms. The van der Waals surface area contributed by atoms with Crippen LogP contribution in [0, 0.1) is 0 Å². The second kappa shape index (κ2) is 3.71. The summed E-state index contributed by atoms with van der Waals surface area (Å²) in [5.74, 6) is 0. The molecule has 0 saturated heterocycles. The van der Waals surface area contributed by atoms with E-state index in [4.69, 9.17) is 5.73 Å². The molecular formula is C9H10N4S. The Labute approximate surface area is 87.2 Å². The molecule has 0 unspecified atom stereocenters. The number of hydrogen-bond acceptors (Lipinski definition) is 4. The molecule has 0 bridgehead atoms. The van der Waals surface area contributed by atoms with Crippen molar-refractivity contribution in [1.29, 1.82) is 0 Å². The number of aromatic nitrogens is 3. The second-order valence-electron chi connectivity index (χ2n) is 3.03. The van der Waals surface area contributed by atoms with Crippen molar-refractivity contribution in [2.75, 3.05) is 5.73 Å². The van der Waals surface area contributed by atoms with E-state index in [0.717, 1.165) is 10.5 Å². The van der Waals surface area contributed by atoms with E-state index in [1.54, 1.807) is 11.0 Å². The Morgan fingerprint density at radius 2 is 2.21 bits per heavy atom. The van der Waals surface area contributed by atoms with Crippen LogP contribution < -0.4 is 5.73 Å². The average molecular weight is 206 g/mol. The maximum Gasteiger partial charge on any atom is 0.137 e. The summed E-state index contributed by atoms with van der Waals surface area (Å²) in [5.41, 5.74) is 7.48. The quantitative estimate of drug-likeness (QED) is 0.573. The molecule has 0 aliphatic heterocycles. The molecule has 1 heterocycles. The topological polar surface area (TPSA) is 56.7 Å². The zero-order valence-corrected chi connectivity index (χ0v) is 8.35. The normalized spacial score (nSPS) is 10.4. The van der Waals surface area contributed by atoms with E-state index in [0.29, 0.717) is 12.2 Å². The van der Waals surface area contributed by atoms with Gasteiger partial charge in [0.2, 0.25) is 0 Å². The largest absolute Gasteiger partial charge is 0.399 e. The summed E-state index contributed by atoms with van der Waals surface area (Å²) in [7, 11) is 0. The molecule has 0 saturated carbocycles. The molecule has 0 aliphatic rings. The lowest BCUT2D eigenvalue weighted by Crippen LogP contribution is -2.00. The SMILES string of the molecule is Nc1cc(S)cc(Cn2cncn2)c1. The summed E-state index contributed by atoms with van der Waals surface area (Å²) in [4.78, 5) is 4.73. The van der Waals surface area contributed by atoms with Crippen LogP contribution in [0.1, 0.15) is 5.56 Å². The number of rotatable bonds is 2. The van der Waals surface area contributed by atoms with E-state index in [9.17, 15) is 0 Å². The zero-order valence-electron chi connectivity index (χ0n) is 7.46. The van der Waals surface area contributed by atoms with Gasteiger partial charge in [-0.1, -0.05) is 0 Å². The van der Waals surface area contributed by atoms with Gasteiger partial charge in [0, 0.05) is 10.6 Å². The third-order valence-corrected chi connectivity index (χ3v) is 2.07. The van der Waals surface area contributed by atoms with E-state index in [-0.39, 0.29) is 0 Å². The highest BCUT2D eigenvalue weighted by Crippen LogP contribution is 2.15. The predicted octanol–water partition coefficient (Wildman–Crippen LogP) is 1.20. The molecule has 4 nitrogen and oxygen atoms in total. The van der Waals surface area contributed by atoms with E-state index >= 15 is 0 Å². The van der Waals surface area contributed by atoms with Crippen LogP contribution in [-0.2, 0) is 6.54 Å². The molecule has 0 fully saturated rings. The first kappa shape index (κ1) is 9.08. The lowest BCUT2D eigenvalue weighted by Gasteiger charge is -2.03. The van der Waals surface area contributed by atoms with Gasteiger partial charge in [-0.25, -0.2) is 9.67 Å². The van der Waals surface area contributed by atoms with Crippen LogP contribution in [0.3, 0.4) is 0 Å². The minimum Gasteiger partial charge on any atom is -0.399 e. The average Bonchev–Trinajstić information content (AvgIpc) is 2.54. The Balaban J connectivity index is 2.25. The van der Waals surface area contributed by atoms with Gasteiger partial charge in [-0.05, 0) is 23.8 Å². The molecule has 0 atom stereocenters. The van der Waals surface area contributed by atoms with E-state index < -0.39 is 0 Å². The molecule has 14 heavy (non-hydrogen) atoms. The first-order valence-electron chi connectivity index (χ1n) is 4.15. The smallest absolute Gasteiger partial charge is 0.137 e. The Hall–Kier alpha value is -1.49. The number of nitrogens with two attached hydrogens (primary N) is 1. The van der Waals surface area contributed by atoms with Gasteiger partial charge in [0.25, 0.3) is 0 Å². The number of nitrogens with zero attached hydrogens (tertiary/aromatic N) is 3. The first-order valence-corrected chi connectivity index (χ1v) is 4.59. The van der Waals surface area contributed by atoms with Crippen molar-refractivity contribution in [2.24, 2.45) is 0 Å². The fraction of sp³-hybridized carbons (Fsp3) is 0.111. The van der Waals surface area contributed by atoms with Crippen molar-refractivity contribution in [3.05, 3.63) is 36.4 Å². The fourth-order valence-corrected chi connectivity index (χ4v) is 1.61. The van der Waals surface area contributed by atoms with Crippen molar-refractivity contribution in [2.45, 2.75) is 11.4 Å². The highest BCUT2D eigenvalue weighted by Gasteiger charge is 1.98. The van der Waals surface area contributed by atoms with Crippen molar-refractivity contribution in [3.8, 4) is 0 Å². The summed E-state index contributed by atoms with van der Waals surface area (Å²) in [6, 6.07) is 5.68. The van der Waals surface area contributed by atoms with Crippen LogP contribution in [0.2, 0.25) is 0 Å². The highest BCUT2D eigenvalue weighted by molar-refractivity contribution is 7.80. The van der Waals surface area contributed by atoms with Crippen LogP contribution in [0.4, 0.5) is 5.69 Å². The maximum atomic E-state index is 5.69. The minimum absolute atomic E-state index is 0.665. The van der Waals surface area contributed by atoms with E-state index in [2.05, 4.69) is 22.7 Å². The van der Waals surface area contributed by atoms with Gasteiger partial charge in [0.05, 0.1) is 6.54 Å². The van der Waals surface area contributed by atoms with Gasteiger partial charge >= 0.3 is 0 Å². The van der Waals surface area contributed by atoms with Crippen LogP contribution in [0.25, 0.3) is 0 Å². The molecule has 2 rings (SSSR count). The van der Waals surface area contributed by atoms with Gasteiger partial charge in [0.15, 0.2) is 0 Å². The van der Waals surface area contributed by atoms with Crippen LogP contribution in [-0.4, -0.2) is 14.8 Å². The van der Waals surface area contributed by atoms with Crippen molar-refractivity contribution in [1.82, 2.24) is 14.8 Å². The summed E-state index contributed by atoms with van der Waals surface area (Å²) in [6.45, 7) is 0.665. The molecule has 72 valence electrons. The van der Waals surface area contributed by atoms with Gasteiger partial charge in [-0.2, -0.15) is 5.10 Å². The number of anilines is 1. The van der Waals surface area contributed by atoms with Crippen molar-refractivity contribution < 1.29 is 0 Å². The molecule has 2 N–H and O–H groups in total. The molecule has 2 aromatic rings. The lowest BCUT2D eigenvalue weighted by molar-refractivity contribution is 0.684. The first-order chi connectivity index (χ1) is 6.74. The Bertz CT molecular complexity index is 404. The van der Waals surface area contributed by atoms with Gasteiger partial charge in [-0.3, -0.25) is 0 Å². The van der Waals surface area contributed by atoms with Gasteiger partial charge in [-0.15, -0.1) is 12.6 Å². The summed E-state index contributed by atoms with van der Waals surface area (Å²) in [6.07, 6.45) is 3.18. The Kier molecular flexibility index (Phi) is 2.41. The Morgan fingerprint density at radius 3 is 2.86 bits per heavy atom. The summed E-state index contributed by atoms with van der Waals surface area (Å²) < 4.78 is 1.74. The number of benzene rings is 1. The molecule has 0 amide bonds. The predicted molar refractivity (Wildman–Crippen MR) is 57.2 cm³/mol. The molecule has 1 aromatic carbocycles. The van der Waals surface area contributed by atoms with Crippen LogP contribution >= 0.6 is 12.6 Å². The number of hydrogen-bond donors (Lipinski definition) is 2. The standard InChI is InChI=1S/C9H10N4S/c10-8-1-7(2-9(14)3-8)4-13-6-11-5-12-13/h1-3,5-6,14H,4,10H2. The molecule has 1 aromatic heterocycles. The lowest BCUT2D eigenvalue weighted by atomic mass is 10.2.